The van der Waals surface area contributed by atoms with Crippen LogP contribution in [0, 0.1) is 12.8 Å². The third kappa shape index (κ3) is 3.95. The number of nitrogens with zero attached hydrogens (tertiary/aromatic N) is 2. The van der Waals surface area contributed by atoms with Crippen LogP contribution in [0.3, 0.4) is 0 Å². The Morgan fingerprint density at radius 1 is 1.43 bits per heavy atom. The van der Waals surface area contributed by atoms with Gasteiger partial charge in [0.25, 0.3) is 0 Å². The number of hydrogen-bond donors (Lipinski definition) is 2. The molecule has 0 radical (unpaired) electrons. The highest BCUT2D eigenvalue weighted by molar-refractivity contribution is 5.92. The summed E-state index contributed by atoms with van der Waals surface area (Å²) < 4.78 is 0. The van der Waals surface area contributed by atoms with E-state index in [9.17, 15) is 4.79 Å². The Bertz CT molecular complexity index is 515. The van der Waals surface area contributed by atoms with Gasteiger partial charge >= 0.3 is 0 Å². The summed E-state index contributed by atoms with van der Waals surface area (Å²) in [5, 5.41) is 2.92. The van der Waals surface area contributed by atoms with E-state index in [-0.39, 0.29) is 5.91 Å². The normalized spacial score (nSPS) is 22.7. The Labute approximate surface area is 127 Å². The molecule has 21 heavy (non-hydrogen) atoms. The van der Waals surface area contributed by atoms with Gasteiger partial charge in [-0.05, 0) is 44.6 Å². The molecule has 1 heterocycles. The van der Waals surface area contributed by atoms with Crippen molar-refractivity contribution in [3.05, 3.63) is 23.8 Å². The van der Waals surface area contributed by atoms with Crippen molar-refractivity contribution in [3.63, 3.8) is 0 Å². The van der Waals surface area contributed by atoms with Crippen LogP contribution in [-0.2, 0) is 4.79 Å². The summed E-state index contributed by atoms with van der Waals surface area (Å²) in [7, 11) is 4.19. The number of amides is 1. The first-order valence-corrected chi connectivity index (χ1v) is 7.41. The van der Waals surface area contributed by atoms with Crippen LogP contribution in [0.15, 0.2) is 18.2 Å². The molecule has 0 bridgehead atoms. The largest absolute Gasteiger partial charge is 0.398 e. The number of rotatable bonds is 4. The van der Waals surface area contributed by atoms with E-state index in [1.807, 2.05) is 25.1 Å². The topological polar surface area (TPSA) is 61.6 Å². The number of hydrogen-bond acceptors (Lipinski definition) is 4. The van der Waals surface area contributed by atoms with E-state index in [4.69, 9.17) is 5.73 Å². The van der Waals surface area contributed by atoms with Crippen LogP contribution in [-0.4, -0.2) is 55.5 Å². The molecule has 1 aliphatic heterocycles. The number of likely N-dealkylation sites (tertiary alicyclic amines) is 1. The zero-order valence-electron chi connectivity index (χ0n) is 13.4. The number of nitrogen functional groups attached to an aromatic ring is 1. The highest BCUT2D eigenvalue weighted by Crippen LogP contribution is 2.20. The molecule has 0 saturated carbocycles. The van der Waals surface area contributed by atoms with Gasteiger partial charge in [0.2, 0.25) is 5.91 Å². The van der Waals surface area contributed by atoms with E-state index >= 15 is 0 Å². The van der Waals surface area contributed by atoms with Gasteiger partial charge in [0.15, 0.2) is 0 Å². The first-order valence-electron chi connectivity index (χ1n) is 7.41. The van der Waals surface area contributed by atoms with E-state index in [1.54, 1.807) is 0 Å². The van der Waals surface area contributed by atoms with Crippen molar-refractivity contribution in [1.29, 1.82) is 0 Å². The highest BCUT2D eigenvalue weighted by Gasteiger charge is 2.31. The Morgan fingerprint density at radius 2 is 2.14 bits per heavy atom. The Hall–Kier alpha value is -1.59. The maximum atomic E-state index is 12.1. The van der Waals surface area contributed by atoms with Gasteiger partial charge in [-0.15, -0.1) is 0 Å². The Balaban J connectivity index is 1.89. The third-order valence-electron chi connectivity index (χ3n) is 4.24. The fraction of sp³-hybridized carbons (Fsp3) is 0.562. The molecule has 2 atom stereocenters. The maximum absolute atomic E-state index is 12.1. The van der Waals surface area contributed by atoms with Crippen LogP contribution in [0.2, 0.25) is 0 Å². The number of nitrogens with two attached hydrogens (primary N) is 1. The Morgan fingerprint density at radius 3 is 2.71 bits per heavy atom. The summed E-state index contributed by atoms with van der Waals surface area (Å²) in [5.74, 6) is 0.604. The molecule has 1 aliphatic rings. The predicted molar refractivity (Wildman–Crippen MR) is 87.3 cm³/mol. The van der Waals surface area contributed by atoms with Crippen molar-refractivity contribution in [3.8, 4) is 0 Å². The summed E-state index contributed by atoms with van der Waals surface area (Å²) >= 11 is 0. The van der Waals surface area contributed by atoms with E-state index in [0.717, 1.165) is 24.3 Å². The molecular weight excluding hydrogens is 264 g/mol. The SMILES string of the molecule is Cc1ccc(NC(=O)CN2CC(C)C(N(C)C)C2)cc1N. The van der Waals surface area contributed by atoms with Gasteiger partial charge in [-0.1, -0.05) is 13.0 Å². The molecule has 0 spiro atoms. The molecule has 1 amide bonds. The number of benzene rings is 1. The molecular formula is C16H26N4O. The fourth-order valence-electron chi connectivity index (χ4n) is 2.97. The molecule has 5 nitrogen and oxygen atoms in total. The second-order valence-electron chi connectivity index (χ2n) is 6.32. The van der Waals surface area contributed by atoms with Crippen molar-refractivity contribution in [2.75, 3.05) is 44.8 Å². The summed E-state index contributed by atoms with van der Waals surface area (Å²) in [6.45, 7) is 6.53. The summed E-state index contributed by atoms with van der Waals surface area (Å²) in [5.41, 5.74) is 8.35. The molecule has 1 fully saturated rings. The minimum absolute atomic E-state index is 0.0184. The zero-order chi connectivity index (χ0) is 15.6. The molecule has 0 aliphatic carbocycles. The first-order chi connectivity index (χ1) is 9.86. The molecule has 116 valence electrons. The molecule has 1 aromatic carbocycles. The van der Waals surface area contributed by atoms with Crippen molar-refractivity contribution in [2.24, 2.45) is 5.92 Å². The van der Waals surface area contributed by atoms with Crippen molar-refractivity contribution in [2.45, 2.75) is 19.9 Å². The number of aryl methyl sites for hydroxylation is 1. The lowest BCUT2D eigenvalue weighted by Crippen LogP contribution is -2.36. The molecule has 3 N–H and O–H groups in total. The quantitative estimate of drug-likeness (QED) is 0.823. The molecule has 5 heteroatoms. The summed E-state index contributed by atoms with van der Waals surface area (Å²) in [6, 6.07) is 6.14. The van der Waals surface area contributed by atoms with Gasteiger partial charge < -0.3 is 16.0 Å². The van der Waals surface area contributed by atoms with E-state index < -0.39 is 0 Å². The van der Waals surface area contributed by atoms with Gasteiger partial charge in [0.1, 0.15) is 0 Å². The minimum atomic E-state index is 0.0184. The molecule has 1 aromatic rings. The molecule has 0 aromatic heterocycles. The van der Waals surface area contributed by atoms with Crippen LogP contribution < -0.4 is 11.1 Å². The maximum Gasteiger partial charge on any atom is 0.238 e. The van der Waals surface area contributed by atoms with E-state index in [2.05, 4.69) is 36.1 Å². The smallest absolute Gasteiger partial charge is 0.238 e. The first kappa shape index (κ1) is 15.8. The van der Waals surface area contributed by atoms with Crippen molar-refractivity contribution in [1.82, 2.24) is 9.80 Å². The Kier molecular flexibility index (Phi) is 4.85. The lowest BCUT2D eigenvalue weighted by Gasteiger charge is -2.22. The molecule has 2 unspecified atom stereocenters. The lowest BCUT2D eigenvalue weighted by molar-refractivity contribution is -0.117. The van der Waals surface area contributed by atoms with Crippen molar-refractivity contribution >= 4 is 17.3 Å². The number of nitrogens with one attached hydrogen (secondary N) is 1. The van der Waals surface area contributed by atoms with Crippen LogP contribution in [0.4, 0.5) is 11.4 Å². The zero-order valence-corrected chi connectivity index (χ0v) is 13.4. The fourth-order valence-corrected chi connectivity index (χ4v) is 2.97. The average molecular weight is 290 g/mol. The average Bonchev–Trinajstić information content (AvgIpc) is 2.75. The highest BCUT2D eigenvalue weighted by atomic mass is 16.2. The van der Waals surface area contributed by atoms with Gasteiger partial charge in [-0.25, -0.2) is 0 Å². The predicted octanol–water partition coefficient (Wildman–Crippen LogP) is 1.40. The van der Waals surface area contributed by atoms with Gasteiger partial charge in [-0.2, -0.15) is 0 Å². The number of anilines is 2. The molecule has 2 rings (SSSR count). The van der Waals surface area contributed by atoms with Crippen LogP contribution >= 0.6 is 0 Å². The van der Waals surface area contributed by atoms with Crippen LogP contribution in [0.25, 0.3) is 0 Å². The van der Waals surface area contributed by atoms with Gasteiger partial charge in [0, 0.05) is 30.5 Å². The van der Waals surface area contributed by atoms with Gasteiger partial charge in [0.05, 0.1) is 6.54 Å². The number of carbonyl (C=O) groups excluding carboxylic acids is 1. The van der Waals surface area contributed by atoms with Gasteiger partial charge in [-0.3, -0.25) is 9.69 Å². The standard InChI is InChI=1S/C16H26N4O/c1-11-5-6-13(7-14(11)17)18-16(21)10-20-8-12(2)15(9-20)19(3)4/h5-7,12,15H,8-10,17H2,1-4H3,(H,18,21). The minimum Gasteiger partial charge on any atom is -0.398 e. The van der Waals surface area contributed by atoms with Crippen molar-refractivity contribution < 1.29 is 4.79 Å². The summed E-state index contributed by atoms with van der Waals surface area (Å²) in [6.07, 6.45) is 0. The summed E-state index contributed by atoms with van der Waals surface area (Å²) in [4.78, 5) is 16.6. The monoisotopic (exact) mass is 290 g/mol. The van der Waals surface area contributed by atoms with Crippen LogP contribution in [0.1, 0.15) is 12.5 Å². The van der Waals surface area contributed by atoms with E-state index in [1.165, 1.54) is 0 Å². The lowest BCUT2D eigenvalue weighted by atomic mass is 10.1. The second-order valence-corrected chi connectivity index (χ2v) is 6.32. The van der Waals surface area contributed by atoms with Crippen LogP contribution in [0.5, 0.6) is 0 Å². The van der Waals surface area contributed by atoms with E-state index in [0.29, 0.717) is 24.2 Å². The number of likely N-dealkylation sites (N-methyl/N-ethyl adjacent to an activating group) is 1. The molecule has 1 saturated heterocycles. The third-order valence-corrected chi connectivity index (χ3v) is 4.24. The number of carbonyl (C=O) groups is 1. The second kappa shape index (κ2) is 6.45.